The van der Waals surface area contributed by atoms with Gasteiger partial charge in [0.05, 0.1) is 6.04 Å². The number of benzene rings is 2. The minimum atomic E-state index is -0.157. The van der Waals surface area contributed by atoms with Crippen LogP contribution >= 0.6 is 0 Å². The number of aryl methyl sites for hydroxylation is 2. The number of hydrogen-bond acceptors (Lipinski definition) is 3. The smallest absolute Gasteiger partial charge is 0.258 e. The maximum absolute atomic E-state index is 12.0. The van der Waals surface area contributed by atoms with Gasteiger partial charge in [-0.2, -0.15) is 0 Å². The summed E-state index contributed by atoms with van der Waals surface area (Å²) >= 11 is 0. The van der Waals surface area contributed by atoms with Crippen LogP contribution in [-0.2, 0) is 4.79 Å². The Morgan fingerprint density at radius 2 is 1.75 bits per heavy atom. The van der Waals surface area contributed by atoms with Crippen LogP contribution in [0.4, 0.5) is 0 Å². The molecule has 1 N–H and O–H groups in total. The predicted octanol–water partition coefficient (Wildman–Crippen LogP) is 3.57. The Kier molecular flexibility index (Phi) is 6.24. The van der Waals surface area contributed by atoms with Gasteiger partial charge in [-0.3, -0.25) is 4.79 Å². The SMILES string of the molecule is Cc1ccc(OC[C@@H](C)NC(=O)COc2cccc(C)c2C)cc1. The molecule has 0 heterocycles. The molecule has 2 rings (SSSR count). The molecule has 0 radical (unpaired) electrons. The van der Waals surface area contributed by atoms with Crippen molar-refractivity contribution < 1.29 is 14.3 Å². The molecule has 0 bridgehead atoms. The van der Waals surface area contributed by atoms with E-state index in [9.17, 15) is 4.79 Å². The molecule has 0 aliphatic heterocycles. The summed E-state index contributed by atoms with van der Waals surface area (Å²) in [4.78, 5) is 12.0. The van der Waals surface area contributed by atoms with Crippen LogP contribution in [0.2, 0.25) is 0 Å². The van der Waals surface area contributed by atoms with E-state index in [4.69, 9.17) is 9.47 Å². The first kappa shape index (κ1) is 17.9. The molecular formula is C20H25NO3. The fourth-order valence-electron chi connectivity index (χ4n) is 2.24. The molecule has 2 aromatic carbocycles. The van der Waals surface area contributed by atoms with Crippen LogP contribution in [0.1, 0.15) is 23.6 Å². The Morgan fingerprint density at radius 3 is 2.46 bits per heavy atom. The van der Waals surface area contributed by atoms with Gasteiger partial charge in [-0.05, 0) is 57.0 Å². The van der Waals surface area contributed by atoms with Crippen LogP contribution in [0, 0.1) is 20.8 Å². The van der Waals surface area contributed by atoms with Crippen LogP contribution in [0.5, 0.6) is 11.5 Å². The van der Waals surface area contributed by atoms with Gasteiger partial charge >= 0.3 is 0 Å². The van der Waals surface area contributed by atoms with Crippen molar-refractivity contribution in [2.75, 3.05) is 13.2 Å². The van der Waals surface area contributed by atoms with Crippen molar-refractivity contribution >= 4 is 5.91 Å². The molecule has 1 atom stereocenters. The van der Waals surface area contributed by atoms with Crippen molar-refractivity contribution in [1.29, 1.82) is 0 Å². The maximum atomic E-state index is 12.0. The molecule has 4 heteroatoms. The third-order valence-corrected chi connectivity index (χ3v) is 3.84. The molecule has 0 fully saturated rings. The zero-order valence-corrected chi connectivity index (χ0v) is 14.8. The average Bonchev–Trinajstić information content (AvgIpc) is 2.56. The van der Waals surface area contributed by atoms with Gasteiger partial charge in [-0.15, -0.1) is 0 Å². The van der Waals surface area contributed by atoms with Crippen molar-refractivity contribution in [2.45, 2.75) is 33.7 Å². The van der Waals surface area contributed by atoms with Crippen molar-refractivity contribution in [3.05, 3.63) is 59.2 Å². The maximum Gasteiger partial charge on any atom is 0.258 e. The molecule has 4 nitrogen and oxygen atoms in total. The van der Waals surface area contributed by atoms with Crippen LogP contribution in [0.3, 0.4) is 0 Å². The molecule has 0 aliphatic rings. The van der Waals surface area contributed by atoms with Crippen molar-refractivity contribution in [3.63, 3.8) is 0 Å². The van der Waals surface area contributed by atoms with Crippen LogP contribution in [0.25, 0.3) is 0 Å². The molecule has 2 aromatic rings. The summed E-state index contributed by atoms with van der Waals surface area (Å²) in [5.41, 5.74) is 3.39. The van der Waals surface area contributed by atoms with Gasteiger partial charge in [-0.1, -0.05) is 29.8 Å². The summed E-state index contributed by atoms with van der Waals surface area (Å²) in [6, 6.07) is 13.6. The molecule has 0 saturated heterocycles. The van der Waals surface area contributed by atoms with E-state index < -0.39 is 0 Å². The second-order valence-corrected chi connectivity index (χ2v) is 6.08. The lowest BCUT2D eigenvalue weighted by atomic mass is 10.1. The Balaban J connectivity index is 1.75. The number of ether oxygens (including phenoxy) is 2. The third-order valence-electron chi connectivity index (χ3n) is 3.84. The Bertz CT molecular complexity index is 680. The highest BCUT2D eigenvalue weighted by Crippen LogP contribution is 2.20. The molecule has 0 spiro atoms. The summed E-state index contributed by atoms with van der Waals surface area (Å²) in [6.07, 6.45) is 0. The van der Waals surface area contributed by atoms with Gasteiger partial charge in [0.2, 0.25) is 0 Å². The van der Waals surface area contributed by atoms with Crippen LogP contribution in [-0.4, -0.2) is 25.2 Å². The fraction of sp³-hybridized carbons (Fsp3) is 0.350. The molecule has 24 heavy (non-hydrogen) atoms. The fourth-order valence-corrected chi connectivity index (χ4v) is 2.24. The van der Waals surface area contributed by atoms with Gasteiger partial charge in [0.15, 0.2) is 6.61 Å². The second kappa shape index (κ2) is 8.39. The highest BCUT2D eigenvalue weighted by atomic mass is 16.5. The van der Waals surface area contributed by atoms with Crippen LogP contribution in [0.15, 0.2) is 42.5 Å². The van der Waals surface area contributed by atoms with E-state index in [1.54, 1.807) is 0 Å². The number of carbonyl (C=O) groups is 1. The summed E-state index contributed by atoms with van der Waals surface area (Å²) in [5, 5.41) is 2.88. The predicted molar refractivity (Wildman–Crippen MR) is 95.7 cm³/mol. The summed E-state index contributed by atoms with van der Waals surface area (Å²) in [6.45, 7) is 8.36. The van der Waals surface area contributed by atoms with Gasteiger partial charge in [0.1, 0.15) is 18.1 Å². The molecule has 0 unspecified atom stereocenters. The van der Waals surface area contributed by atoms with E-state index in [1.165, 1.54) is 5.56 Å². The molecule has 0 aromatic heterocycles. The normalized spacial score (nSPS) is 11.7. The number of carbonyl (C=O) groups excluding carboxylic acids is 1. The topological polar surface area (TPSA) is 47.6 Å². The average molecular weight is 327 g/mol. The lowest BCUT2D eigenvalue weighted by Crippen LogP contribution is -2.39. The molecule has 0 aliphatic carbocycles. The van der Waals surface area contributed by atoms with Crippen molar-refractivity contribution in [3.8, 4) is 11.5 Å². The van der Waals surface area contributed by atoms with E-state index >= 15 is 0 Å². The Hall–Kier alpha value is -2.49. The minimum Gasteiger partial charge on any atom is -0.491 e. The molecule has 0 saturated carbocycles. The van der Waals surface area contributed by atoms with Crippen molar-refractivity contribution in [2.24, 2.45) is 0 Å². The first-order valence-electron chi connectivity index (χ1n) is 8.13. The standard InChI is InChI=1S/C20H25NO3/c1-14-8-10-18(11-9-14)23-12-16(3)21-20(22)13-24-19-7-5-6-15(2)17(19)4/h5-11,16H,12-13H2,1-4H3,(H,21,22)/t16-/m1/s1. The number of amides is 1. The van der Waals surface area contributed by atoms with Gasteiger partial charge < -0.3 is 14.8 Å². The zero-order chi connectivity index (χ0) is 17.5. The Labute approximate surface area is 143 Å². The van der Waals surface area contributed by atoms with E-state index in [1.807, 2.05) is 70.2 Å². The molecule has 128 valence electrons. The van der Waals surface area contributed by atoms with Gasteiger partial charge in [-0.25, -0.2) is 0 Å². The summed E-state index contributed by atoms with van der Waals surface area (Å²) < 4.78 is 11.3. The van der Waals surface area contributed by atoms with Crippen LogP contribution < -0.4 is 14.8 Å². The number of hydrogen-bond donors (Lipinski definition) is 1. The molecule has 1 amide bonds. The zero-order valence-electron chi connectivity index (χ0n) is 14.8. The monoisotopic (exact) mass is 327 g/mol. The minimum absolute atomic E-state index is 0.000828. The lowest BCUT2D eigenvalue weighted by Gasteiger charge is -2.16. The summed E-state index contributed by atoms with van der Waals surface area (Å²) in [5.74, 6) is 1.39. The lowest BCUT2D eigenvalue weighted by molar-refractivity contribution is -0.123. The second-order valence-electron chi connectivity index (χ2n) is 6.08. The largest absolute Gasteiger partial charge is 0.491 e. The molecular weight excluding hydrogens is 302 g/mol. The van der Waals surface area contributed by atoms with Crippen molar-refractivity contribution in [1.82, 2.24) is 5.32 Å². The third kappa shape index (κ3) is 5.30. The highest BCUT2D eigenvalue weighted by Gasteiger charge is 2.10. The van der Waals surface area contributed by atoms with Gasteiger partial charge in [0.25, 0.3) is 5.91 Å². The van der Waals surface area contributed by atoms with E-state index in [0.29, 0.717) is 6.61 Å². The first-order chi connectivity index (χ1) is 11.5. The number of rotatable bonds is 7. The number of nitrogens with one attached hydrogen (secondary N) is 1. The van der Waals surface area contributed by atoms with E-state index in [2.05, 4.69) is 5.32 Å². The van der Waals surface area contributed by atoms with Gasteiger partial charge in [0, 0.05) is 0 Å². The first-order valence-corrected chi connectivity index (χ1v) is 8.13. The quantitative estimate of drug-likeness (QED) is 0.845. The van der Waals surface area contributed by atoms with E-state index in [-0.39, 0.29) is 18.6 Å². The van der Waals surface area contributed by atoms with E-state index in [0.717, 1.165) is 22.6 Å². The summed E-state index contributed by atoms with van der Waals surface area (Å²) in [7, 11) is 0. The highest BCUT2D eigenvalue weighted by molar-refractivity contribution is 5.77. The Morgan fingerprint density at radius 1 is 1.04 bits per heavy atom.